The fourth-order valence-corrected chi connectivity index (χ4v) is 23.8. The molecule has 0 bridgehead atoms. The number of benzene rings is 2. The van der Waals surface area contributed by atoms with Crippen molar-refractivity contribution in [2.24, 2.45) is 5.92 Å². The molecule has 0 spiro atoms. The van der Waals surface area contributed by atoms with Gasteiger partial charge in [-0.3, -0.25) is 0 Å². The molecular formula is C35H48N2O3Sn. The third-order valence-electron chi connectivity index (χ3n) is 8.71. The quantitative estimate of drug-likeness (QED) is 0.125. The number of imide groups is 1. The summed E-state index contributed by atoms with van der Waals surface area (Å²) in [4.78, 5) is 29.4. The topological polar surface area (TPSA) is 70.4 Å². The molecule has 41 heavy (non-hydrogen) atoms. The van der Waals surface area contributed by atoms with Crippen molar-refractivity contribution < 1.29 is 14.3 Å². The van der Waals surface area contributed by atoms with Crippen molar-refractivity contribution in [3.63, 3.8) is 0 Å². The predicted molar refractivity (Wildman–Crippen MR) is 169 cm³/mol. The molecule has 0 saturated carbocycles. The summed E-state index contributed by atoms with van der Waals surface area (Å²) in [5.41, 5.74) is 2.50. The van der Waals surface area contributed by atoms with Crippen LogP contribution in [0.1, 0.15) is 82.8 Å². The molecule has 5 nitrogen and oxygen atoms in total. The summed E-state index contributed by atoms with van der Waals surface area (Å²) < 4.78 is 10.3. The van der Waals surface area contributed by atoms with Gasteiger partial charge >= 0.3 is 253 Å². The van der Waals surface area contributed by atoms with Crippen molar-refractivity contribution in [2.75, 3.05) is 6.61 Å². The molecule has 1 unspecified atom stereocenters. The number of unbranched alkanes of at least 4 members (excludes halogenated alkanes) is 3. The number of carbonyl (C=O) groups excluding carboxylic acids is 2. The van der Waals surface area contributed by atoms with Gasteiger partial charge in [-0.15, -0.1) is 0 Å². The number of carbonyl (C=O) groups is 2. The zero-order valence-corrected chi connectivity index (χ0v) is 28.2. The first-order chi connectivity index (χ1) is 19.9. The van der Waals surface area contributed by atoms with Crippen LogP contribution in [0.2, 0.25) is 17.7 Å². The second-order valence-electron chi connectivity index (χ2n) is 11.8. The average molecular weight is 663 g/mol. The maximum absolute atomic E-state index is 14.6. The van der Waals surface area contributed by atoms with Crippen LogP contribution in [0.5, 0.6) is 0 Å². The Hall–Kier alpha value is -2.59. The summed E-state index contributed by atoms with van der Waals surface area (Å²) in [6.45, 7) is 10.9. The number of hydrogen-bond donors (Lipinski definition) is 0. The zero-order chi connectivity index (χ0) is 29.7. The van der Waals surface area contributed by atoms with Crippen LogP contribution in [-0.2, 0) is 9.53 Å². The van der Waals surface area contributed by atoms with E-state index in [2.05, 4.69) is 57.7 Å². The number of amides is 2. The first-order valence-electron chi connectivity index (χ1n) is 15.6. The molecule has 1 aliphatic rings. The second kappa shape index (κ2) is 16.8. The van der Waals surface area contributed by atoms with E-state index in [4.69, 9.17) is 4.74 Å². The predicted octanol–water partition coefficient (Wildman–Crippen LogP) is 9.10. The zero-order valence-electron chi connectivity index (χ0n) is 25.3. The van der Waals surface area contributed by atoms with Gasteiger partial charge < -0.3 is 0 Å². The fourth-order valence-electron chi connectivity index (χ4n) is 6.54. The minimum absolute atomic E-state index is 0.154. The Morgan fingerprint density at radius 1 is 0.951 bits per heavy atom. The van der Waals surface area contributed by atoms with E-state index in [0.717, 1.165) is 34.8 Å². The summed E-state index contributed by atoms with van der Waals surface area (Å²) in [6, 6.07) is 21.9. The van der Waals surface area contributed by atoms with Crippen molar-refractivity contribution >= 4 is 30.4 Å². The number of nitriles is 1. The minimum atomic E-state index is -2.82. The van der Waals surface area contributed by atoms with E-state index in [1.807, 2.05) is 36.4 Å². The Balaban J connectivity index is 2.04. The summed E-state index contributed by atoms with van der Waals surface area (Å²) in [7, 11) is 0. The number of nitrogens with zero attached hydrogens (tertiary/aromatic N) is 2. The van der Waals surface area contributed by atoms with Crippen LogP contribution in [-0.4, -0.2) is 47.9 Å². The van der Waals surface area contributed by atoms with Gasteiger partial charge in [-0.05, 0) is 0 Å². The normalized spacial score (nSPS) is 15.9. The Labute approximate surface area is 251 Å². The van der Waals surface area contributed by atoms with Crippen molar-refractivity contribution in [1.29, 1.82) is 5.26 Å². The number of ether oxygens (including phenoxy) is 1. The van der Waals surface area contributed by atoms with Gasteiger partial charge in [0.25, 0.3) is 0 Å². The summed E-state index contributed by atoms with van der Waals surface area (Å²) in [6.07, 6.45) is 6.79. The molecule has 0 aliphatic carbocycles. The van der Waals surface area contributed by atoms with E-state index in [9.17, 15) is 14.9 Å². The second-order valence-corrected chi connectivity index (χ2v) is 25.8. The summed E-state index contributed by atoms with van der Waals surface area (Å²) in [5, 5.41) is 9.69. The first kappa shape index (κ1) is 32.9. The van der Waals surface area contributed by atoms with Crippen LogP contribution in [0.25, 0.3) is 0 Å². The van der Waals surface area contributed by atoms with E-state index in [0.29, 0.717) is 12.0 Å². The Morgan fingerprint density at radius 3 is 1.88 bits per heavy atom. The van der Waals surface area contributed by atoms with Gasteiger partial charge in [0.1, 0.15) is 0 Å². The SMILES string of the molecule is C=C(C#N)CC([CH2][Sn]([CH2]CCC)([CH2]CCC)[CH2]CCC)C(=O)N1C(=O)OC[C@H]1C(c1ccccc1)c1ccccc1. The van der Waals surface area contributed by atoms with Crippen LogP contribution in [0.15, 0.2) is 72.8 Å². The van der Waals surface area contributed by atoms with Crippen LogP contribution < -0.4 is 0 Å². The number of allylic oxidation sites excluding steroid dienone is 1. The van der Waals surface area contributed by atoms with Crippen molar-refractivity contribution in [2.45, 2.75) is 95.4 Å². The molecule has 1 saturated heterocycles. The molecular weight excluding hydrogens is 615 g/mol. The number of hydrogen-bond acceptors (Lipinski definition) is 4. The Bertz CT molecular complexity index is 1100. The van der Waals surface area contributed by atoms with Crippen LogP contribution in [0.3, 0.4) is 0 Å². The number of rotatable bonds is 17. The van der Waals surface area contributed by atoms with Crippen LogP contribution >= 0.6 is 0 Å². The van der Waals surface area contributed by atoms with Gasteiger partial charge in [0.05, 0.1) is 0 Å². The van der Waals surface area contributed by atoms with Gasteiger partial charge in [0.2, 0.25) is 0 Å². The van der Waals surface area contributed by atoms with Crippen molar-refractivity contribution in [3.05, 3.63) is 83.9 Å². The monoisotopic (exact) mass is 664 g/mol. The van der Waals surface area contributed by atoms with Gasteiger partial charge in [-0.1, -0.05) is 0 Å². The Morgan fingerprint density at radius 2 is 1.44 bits per heavy atom. The molecule has 2 amide bonds. The van der Waals surface area contributed by atoms with Gasteiger partial charge in [0, 0.05) is 0 Å². The molecule has 3 rings (SSSR count). The molecule has 0 aromatic heterocycles. The number of cyclic esters (lactones) is 1. The average Bonchev–Trinajstić information content (AvgIpc) is 3.38. The summed E-state index contributed by atoms with van der Waals surface area (Å²) >= 11 is -2.82. The van der Waals surface area contributed by atoms with E-state index >= 15 is 0 Å². The molecule has 2 atom stereocenters. The maximum atomic E-state index is 14.6. The van der Waals surface area contributed by atoms with Gasteiger partial charge in [0.15, 0.2) is 0 Å². The third-order valence-corrected chi connectivity index (χ3v) is 24.7. The molecule has 220 valence electrons. The molecule has 2 aromatic rings. The van der Waals surface area contributed by atoms with Crippen molar-refractivity contribution in [1.82, 2.24) is 4.90 Å². The molecule has 1 heterocycles. The fraction of sp³-hybridized carbons (Fsp3) is 0.514. The molecule has 1 aliphatic heterocycles. The van der Waals surface area contributed by atoms with E-state index < -0.39 is 36.4 Å². The molecule has 6 heteroatoms. The van der Waals surface area contributed by atoms with E-state index in [1.54, 1.807) is 0 Å². The Kier molecular flexibility index (Phi) is 13.4. The summed E-state index contributed by atoms with van der Waals surface area (Å²) in [5.74, 6) is -0.804. The molecule has 2 aromatic carbocycles. The van der Waals surface area contributed by atoms with Gasteiger partial charge in [-0.25, -0.2) is 0 Å². The molecule has 0 N–H and O–H groups in total. The van der Waals surface area contributed by atoms with E-state index in [1.165, 1.54) is 37.5 Å². The standard InChI is InChI=1S/C23H21N2O3.3C4H9.Sn/c1-16(14-24)13-17(2)22(26)25-20(15-28-23(25)27)21(18-9-5-3-6-10-18)19-11-7-4-8-12-19;3*1-3-4-2;/h3-12,17,20-21H,1-2,13,15H2;3*1,3-4H2,2H3;/t17?,20-;;;;/m0..../s1. The first-order valence-corrected chi connectivity index (χ1v) is 23.6. The molecule has 1 fully saturated rings. The van der Waals surface area contributed by atoms with Crippen LogP contribution in [0.4, 0.5) is 4.79 Å². The van der Waals surface area contributed by atoms with Crippen LogP contribution in [0, 0.1) is 17.2 Å². The third kappa shape index (κ3) is 8.95. The van der Waals surface area contributed by atoms with Gasteiger partial charge in [-0.2, -0.15) is 0 Å². The molecule has 0 radical (unpaired) electrons. The van der Waals surface area contributed by atoms with E-state index in [-0.39, 0.29) is 18.4 Å². The van der Waals surface area contributed by atoms with Crippen molar-refractivity contribution in [3.8, 4) is 6.07 Å².